The van der Waals surface area contributed by atoms with Crippen LogP contribution in [-0.4, -0.2) is 36.3 Å². The first-order valence-corrected chi connectivity index (χ1v) is 8.29. The van der Waals surface area contributed by atoms with Crippen LogP contribution in [-0.2, 0) is 0 Å². The predicted molar refractivity (Wildman–Crippen MR) is 98.8 cm³/mol. The number of ether oxygens (including phenoxy) is 3. The van der Waals surface area contributed by atoms with Crippen LogP contribution in [0.15, 0.2) is 18.6 Å². The van der Waals surface area contributed by atoms with E-state index >= 15 is 0 Å². The Hall–Kier alpha value is -2.37. The summed E-state index contributed by atoms with van der Waals surface area (Å²) >= 11 is 0. The summed E-state index contributed by atoms with van der Waals surface area (Å²) in [5, 5.41) is 0. The van der Waals surface area contributed by atoms with Crippen LogP contribution in [0.2, 0.25) is 0 Å². The fraction of sp³-hybridized carbons (Fsp3) is 0.526. The van der Waals surface area contributed by atoms with E-state index in [0.29, 0.717) is 17.7 Å². The number of aromatic nitrogens is 3. The molecular weight excluding hydrogens is 318 g/mol. The molecular formula is C19H29N3O3. The third kappa shape index (κ3) is 5.31. The molecule has 138 valence electrons. The largest absolute Gasteiger partial charge is 0.496 e. The van der Waals surface area contributed by atoms with Crippen LogP contribution >= 0.6 is 0 Å². The van der Waals surface area contributed by atoms with E-state index in [-0.39, 0.29) is 5.92 Å². The standard InChI is InChI=1S/C10H15NO.C9H14N2O2/c1-7(2)10-8(3)11-6-5-9(10)12-4;1-6(2)7-8(12-3)10-5-11-9(7)13-4/h5-7H,1-4H3;5-6H,1-4H3. The molecule has 0 amide bonds. The van der Waals surface area contributed by atoms with Crippen LogP contribution in [0.3, 0.4) is 0 Å². The van der Waals surface area contributed by atoms with Crippen molar-refractivity contribution in [3.63, 3.8) is 0 Å². The van der Waals surface area contributed by atoms with Gasteiger partial charge < -0.3 is 14.2 Å². The molecule has 0 bridgehead atoms. The summed E-state index contributed by atoms with van der Waals surface area (Å²) < 4.78 is 15.5. The number of methoxy groups -OCH3 is 3. The van der Waals surface area contributed by atoms with Crippen molar-refractivity contribution in [2.45, 2.75) is 46.5 Å². The van der Waals surface area contributed by atoms with E-state index in [9.17, 15) is 0 Å². The fourth-order valence-corrected chi connectivity index (χ4v) is 2.62. The molecule has 0 saturated heterocycles. The predicted octanol–water partition coefficient (Wildman–Crippen LogP) is 4.14. The molecule has 2 aromatic rings. The van der Waals surface area contributed by atoms with Gasteiger partial charge in [-0.3, -0.25) is 4.98 Å². The van der Waals surface area contributed by atoms with Gasteiger partial charge in [0.1, 0.15) is 12.1 Å². The molecule has 0 aliphatic rings. The number of nitrogens with zero attached hydrogens (tertiary/aromatic N) is 3. The Bertz CT molecular complexity index is 651. The van der Waals surface area contributed by atoms with Crippen molar-refractivity contribution < 1.29 is 14.2 Å². The summed E-state index contributed by atoms with van der Waals surface area (Å²) in [4.78, 5) is 12.3. The second-order valence-corrected chi connectivity index (χ2v) is 6.13. The highest BCUT2D eigenvalue weighted by Gasteiger charge is 2.15. The first-order chi connectivity index (χ1) is 11.9. The molecule has 0 saturated carbocycles. The highest BCUT2D eigenvalue weighted by atomic mass is 16.5. The Balaban J connectivity index is 0.000000251. The number of hydrogen-bond acceptors (Lipinski definition) is 6. The number of rotatable bonds is 5. The minimum absolute atomic E-state index is 0.283. The molecule has 2 aromatic heterocycles. The van der Waals surface area contributed by atoms with Crippen molar-refractivity contribution in [1.29, 1.82) is 0 Å². The van der Waals surface area contributed by atoms with Crippen LogP contribution < -0.4 is 14.2 Å². The smallest absolute Gasteiger partial charge is 0.223 e. The van der Waals surface area contributed by atoms with Crippen LogP contribution in [0, 0.1) is 6.92 Å². The van der Waals surface area contributed by atoms with Gasteiger partial charge in [0.15, 0.2) is 0 Å². The normalized spacial score (nSPS) is 10.3. The molecule has 0 aliphatic carbocycles. The summed E-state index contributed by atoms with van der Waals surface area (Å²) in [5.74, 6) is 2.86. The molecule has 25 heavy (non-hydrogen) atoms. The Morgan fingerprint density at radius 3 is 1.64 bits per heavy atom. The van der Waals surface area contributed by atoms with Crippen molar-refractivity contribution in [3.8, 4) is 17.5 Å². The third-order valence-electron chi connectivity index (χ3n) is 3.72. The molecule has 6 nitrogen and oxygen atoms in total. The summed E-state index contributed by atoms with van der Waals surface area (Å²) in [5.41, 5.74) is 3.18. The quantitative estimate of drug-likeness (QED) is 0.810. The van der Waals surface area contributed by atoms with Gasteiger partial charge in [0, 0.05) is 17.5 Å². The van der Waals surface area contributed by atoms with Gasteiger partial charge in [-0.2, -0.15) is 0 Å². The van der Waals surface area contributed by atoms with E-state index in [0.717, 1.165) is 17.0 Å². The average Bonchev–Trinajstić information content (AvgIpc) is 2.60. The maximum atomic E-state index is 5.25. The maximum absolute atomic E-state index is 5.25. The molecule has 0 N–H and O–H groups in total. The lowest BCUT2D eigenvalue weighted by molar-refractivity contribution is 0.358. The summed E-state index contributed by atoms with van der Waals surface area (Å²) in [6.07, 6.45) is 3.21. The zero-order chi connectivity index (χ0) is 19.0. The lowest BCUT2D eigenvalue weighted by Gasteiger charge is -2.13. The summed E-state index contributed by atoms with van der Waals surface area (Å²) in [7, 11) is 4.88. The molecule has 0 aliphatic heterocycles. The van der Waals surface area contributed by atoms with Gasteiger partial charge >= 0.3 is 0 Å². The molecule has 6 heteroatoms. The average molecular weight is 347 g/mol. The van der Waals surface area contributed by atoms with E-state index in [1.807, 2.05) is 26.8 Å². The van der Waals surface area contributed by atoms with Gasteiger partial charge in [-0.15, -0.1) is 0 Å². The lowest BCUT2D eigenvalue weighted by atomic mass is 10.0. The number of hydrogen-bond donors (Lipinski definition) is 0. The molecule has 0 spiro atoms. The minimum atomic E-state index is 0.283. The first kappa shape index (κ1) is 20.7. The van der Waals surface area contributed by atoms with Gasteiger partial charge in [0.05, 0.1) is 26.9 Å². The molecule has 0 unspecified atom stereocenters. The Kier molecular flexibility index (Phi) is 8.11. The Labute approximate surface area is 150 Å². The van der Waals surface area contributed by atoms with Crippen molar-refractivity contribution in [1.82, 2.24) is 15.0 Å². The van der Waals surface area contributed by atoms with Crippen molar-refractivity contribution >= 4 is 0 Å². The monoisotopic (exact) mass is 347 g/mol. The Morgan fingerprint density at radius 2 is 1.28 bits per heavy atom. The lowest BCUT2D eigenvalue weighted by Crippen LogP contribution is -2.02. The SMILES string of the molecule is COc1ccnc(C)c1C(C)C.COc1ncnc(OC)c1C(C)C. The van der Waals surface area contributed by atoms with E-state index in [1.165, 1.54) is 11.9 Å². The summed E-state index contributed by atoms with van der Waals surface area (Å²) in [6.45, 7) is 10.4. The van der Waals surface area contributed by atoms with Crippen LogP contribution in [0.5, 0.6) is 17.5 Å². The molecule has 0 aromatic carbocycles. The third-order valence-corrected chi connectivity index (χ3v) is 3.72. The Morgan fingerprint density at radius 1 is 0.760 bits per heavy atom. The van der Waals surface area contributed by atoms with Gasteiger partial charge in [-0.05, 0) is 24.8 Å². The van der Waals surface area contributed by atoms with Gasteiger partial charge in [0.2, 0.25) is 11.8 Å². The zero-order valence-corrected chi connectivity index (χ0v) is 16.5. The van der Waals surface area contributed by atoms with Crippen LogP contribution in [0.25, 0.3) is 0 Å². The van der Waals surface area contributed by atoms with E-state index in [1.54, 1.807) is 27.5 Å². The van der Waals surface area contributed by atoms with Crippen molar-refractivity contribution in [2.75, 3.05) is 21.3 Å². The first-order valence-electron chi connectivity index (χ1n) is 8.29. The fourth-order valence-electron chi connectivity index (χ4n) is 2.62. The molecule has 2 rings (SSSR count). The highest BCUT2D eigenvalue weighted by Crippen LogP contribution is 2.30. The van der Waals surface area contributed by atoms with Crippen molar-refractivity contribution in [3.05, 3.63) is 35.4 Å². The molecule has 2 heterocycles. The number of aryl methyl sites for hydroxylation is 1. The minimum Gasteiger partial charge on any atom is -0.496 e. The van der Waals surface area contributed by atoms with Gasteiger partial charge in [-0.1, -0.05) is 27.7 Å². The molecule has 0 radical (unpaired) electrons. The van der Waals surface area contributed by atoms with Gasteiger partial charge in [0.25, 0.3) is 0 Å². The van der Waals surface area contributed by atoms with E-state index in [4.69, 9.17) is 14.2 Å². The summed E-state index contributed by atoms with van der Waals surface area (Å²) in [6, 6.07) is 1.91. The second kappa shape index (κ2) is 9.81. The van der Waals surface area contributed by atoms with Crippen LogP contribution in [0.1, 0.15) is 56.4 Å². The van der Waals surface area contributed by atoms with Crippen molar-refractivity contribution in [2.24, 2.45) is 0 Å². The van der Waals surface area contributed by atoms with Gasteiger partial charge in [-0.25, -0.2) is 9.97 Å². The molecule has 0 fully saturated rings. The number of pyridine rings is 1. The van der Waals surface area contributed by atoms with Crippen LogP contribution in [0.4, 0.5) is 0 Å². The van der Waals surface area contributed by atoms with E-state index in [2.05, 4.69) is 28.8 Å². The highest BCUT2D eigenvalue weighted by molar-refractivity contribution is 5.38. The zero-order valence-electron chi connectivity index (χ0n) is 16.5. The topological polar surface area (TPSA) is 66.4 Å². The molecule has 0 atom stereocenters. The van der Waals surface area contributed by atoms with E-state index < -0.39 is 0 Å². The maximum Gasteiger partial charge on any atom is 0.223 e. The second-order valence-electron chi connectivity index (χ2n) is 6.13.